The van der Waals surface area contributed by atoms with Crippen LogP contribution < -0.4 is 10.2 Å². The monoisotopic (exact) mass is 391 g/mol. The van der Waals surface area contributed by atoms with Gasteiger partial charge in [-0.1, -0.05) is 30.3 Å². The summed E-state index contributed by atoms with van der Waals surface area (Å²) in [6, 6.07) is 16.4. The van der Waals surface area contributed by atoms with Crippen molar-refractivity contribution >= 4 is 17.4 Å². The Bertz CT molecular complexity index is 939. The van der Waals surface area contributed by atoms with E-state index in [-0.39, 0.29) is 11.7 Å². The van der Waals surface area contributed by atoms with Crippen molar-refractivity contribution in [1.29, 1.82) is 0 Å². The predicted molar refractivity (Wildman–Crippen MR) is 110 cm³/mol. The minimum Gasteiger partial charge on any atom is -0.368 e. The van der Waals surface area contributed by atoms with Crippen molar-refractivity contribution in [2.75, 3.05) is 36.4 Å². The lowest BCUT2D eigenvalue weighted by Crippen LogP contribution is -2.49. The molecule has 1 aliphatic heterocycles. The molecule has 0 unspecified atom stereocenters. The van der Waals surface area contributed by atoms with Crippen LogP contribution in [0.4, 0.5) is 15.9 Å². The summed E-state index contributed by atoms with van der Waals surface area (Å²) < 4.78 is 13.1. The number of hydrogen-bond acceptors (Lipinski definition) is 5. The Hall–Kier alpha value is -3.48. The largest absolute Gasteiger partial charge is 0.368 e. The molecule has 6 nitrogen and oxygen atoms in total. The summed E-state index contributed by atoms with van der Waals surface area (Å²) in [5.41, 5.74) is 2.45. The molecule has 3 aromatic rings. The molecule has 0 spiro atoms. The first kappa shape index (κ1) is 18.9. The molecule has 148 valence electrons. The smallest absolute Gasteiger partial charge is 0.274 e. The van der Waals surface area contributed by atoms with E-state index in [0.29, 0.717) is 44.2 Å². The van der Waals surface area contributed by atoms with E-state index in [1.54, 1.807) is 23.2 Å². The number of benzene rings is 2. The Labute approximate surface area is 169 Å². The molecule has 29 heavy (non-hydrogen) atoms. The topological polar surface area (TPSA) is 61.4 Å². The summed E-state index contributed by atoms with van der Waals surface area (Å²) in [7, 11) is 0. The van der Waals surface area contributed by atoms with Crippen LogP contribution >= 0.6 is 0 Å². The van der Waals surface area contributed by atoms with Crippen LogP contribution in [0.5, 0.6) is 0 Å². The first-order valence-electron chi connectivity index (χ1n) is 9.59. The normalized spacial score (nSPS) is 14.0. The number of aromatic nitrogens is 2. The zero-order valence-corrected chi connectivity index (χ0v) is 16.0. The van der Waals surface area contributed by atoms with Crippen molar-refractivity contribution in [3.63, 3.8) is 0 Å². The van der Waals surface area contributed by atoms with Gasteiger partial charge in [-0.05, 0) is 29.8 Å². The molecular weight excluding hydrogens is 369 g/mol. The SMILES string of the molecule is O=C(c1cnc(NCc2ccccc2)cn1)N1CCN(c2ccc(F)cc2)CC1. The van der Waals surface area contributed by atoms with Gasteiger partial charge < -0.3 is 15.1 Å². The first-order valence-corrected chi connectivity index (χ1v) is 9.59. The number of nitrogens with one attached hydrogen (secondary N) is 1. The Balaban J connectivity index is 1.31. The summed E-state index contributed by atoms with van der Waals surface area (Å²) in [5, 5.41) is 3.20. The van der Waals surface area contributed by atoms with Crippen molar-refractivity contribution in [3.05, 3.63) is 84.1 Å². The number of anilines is 2. The Morgan fingerprint density at radius 1 is 0.931 bits per heavy atom. The van der Waals surface area contributed by atoms with Gasteiger partial charge in [-0.2, -0.15) is 0 Å². The van der Waals surface area contributed by atoms with Crippen LogP contribution in [0, 0.1) is 5.82 Å². The molecule has 2 aromatic carbocycles. The van der Waals surface area contributed by atoms with Crippen molar-refractivity contribution in [3.8, 4) is 0 Å². The molecule has 0 saturated carbocycles. The lowest BCUT2D eigenvalue weighted by atomic mass is 10.2. The maximum Gasteiger partial charge on any atom is 0.274 e. The number of nitrogens with zero attached hydrogens (tertiary/aromatic N) is 4. The molecule has 0 aliphatic carbocycles. The van der Waals surface area contributed by atoms with Gasteiger partial charge in [0.2, 0.25) is 0 Å². The summed E-state index contributed by atoms with van der Waals surface area (Å²) in [5.74, 6) is 0.264. The molecule has 1 aromatic heterocycles. The minimum absolute atomic E-state index is 0.120. The van der Waals surface area contributed by atoms with Crippen molar-refractivity contribution < 1.29 is 9.18 Å². The highest BCUT2D eigenvalue weighted by Gasteiger charge is 2.23. The van der Waals surface area contributed by atoms with Crippen LogP contribution in [0.25, 0.3) is 0 Å². The summed E-state index contributed by atoms with van der Waals surface area (Å²) in [4.78, 5) is 25.2. The third-order valence-corrected chi connectivity index (χ3v) is 4.95. The Morgan fingerprint density at radius 3 is 2.31 bits per heavy atom. The number of halogens is 1. The summed E-state index contributed by atoms with van der Waals surface area (Å²) >= 11 is 0. The van der Waals surface area contributed by atoms with E-state index in [0.717, 1.165) is 11.3 Å². The average Bonchev–Trinajstić information content (AvgIpc) is 2.79. The quantitative estimate of drug-likeness (QED) is 0.724. The second-order valence-electron chi connectivity index (χ2n) is 6.88. The molecule has 1 fully saturated rings. The van der Waals surface area contributed by atoms with E-state index in [1.165, 1.54) is 18.3 Å². The first-order chi connectivity index (χ1) is 14.2. The zero-order chi connectivity index (χ0) is 20.1. The highest BCUT2D eigenvalue weighted by Crippen LogP contribution is 2.17. The lowest BCUT2D eigenvalue weighted by molar-refractivity contribution is 0.0740. The van der Waals surface area contributed by atoms with Crippen LogP contribution in [0.2, 0.25) is 0 Å². The highest BCUT2D eigenvalue weighted by atomic mass is 19.1. The van der Waals surface area contributed by atoms with E-state index in [2.05, 4.69) is 20.2 Å². The van der Waals surface area contributed by atoms with Crippen molar-refractivity contribution in [2.24, 2.45) is 0 Å². The molecule has 1 N–H and O–H groups in total. The molecule has 4 rings (SSSR count). The summed E-state index contributed by atoms with van der Waals surface area (Å²) in [6.07, 6.45) is 3.10. The van der Waals surface area contributed by atoms with Crippen LogP contribution in [0.15, 0.2) is 67.0 Å². The molecule has 2 heterocycles. The van der Waals surface area contributed by atoms with Crippen LogP contribution in [0.3, 0.4) is 0 Å². The Morgan fingerprint density at radius 2 is 1.66 bits per heavy atom. The maximum absolute atomic E-state index is 13.1. The molecule has 0 bridgehead atoms. The molecular formula is C22H22FN5O. The predicted octanol–water partition coefficient (Wildman–Crippen LogP) is 3.19. The van der Waals surface area contributed by atoms with E-state index in [4.69, 9.17) is 0 Å². The van der Waals surface area contributed by atoms with Gasteiger partial charge in [0.05, 0.1) is 12.4 Å². The van der Waals surface area contributed by atoms with Crippen molar-refractivity contribution in [2.45, 2.75) is 6.54 Å². The van der Waals surface area contributed by atoms with Crippen LogP contribution in [0.1, 0.15) is 16.1 Å². The number of piperazine rings is 1. The average molecular weight is 391 g/mol. The standard InChI is InChI=1S/C22H22FN5O/c23-18-6-8-19(9-7-18)27-10-12-28(13-11-27)22(29)20-15-26-21(16-24-20)25-14-17-4-2-1-3-5-17/h1-9,15-16H,10-14H2,(H,25,26). The molecule has 0 radical (unpaired) electrons. The van der Waals surface area contributed by atoms with E-state index in [1.807, 2.05) is 30.3 Å². The number of carbonyl (C=O) groups excluding carboxylic acids is 1. The molecule has 1 saturated heterocycles. The molecule has 0 atom stereocenters. The summed E-state index contributed by atoms with van der Waals surface area (Å²) in [6.45, 7) is 3.22. The van der Waals surface area contributed by atoms with Crippen LogP contribution in [-0.4, -0.2) is 47.0 Å². The Kier molecular flexibility index (Phi) is 5.65. The molecule has 1 amide bonds. The number of carbonyl (C=O) groups is 1. The van der Waals surface area contributed by atoms with Gasteiger partial charge in [0.25, 0.3) is 5.91 Å². The van der Waals surface area contributed by atoms with Gasteiger partial charge in [0.15, 0.2) is 0 Å². The van der Waals surface area contributed by atoms with Gasteiger partial charge in [0.1, 0.15) is 17.3 Å². The molecule has 1 aliphatic rings. The molecule has 7 heteroatoms. The van der Waals surface area contributed by atoms with Gasteiger partial charge in [-0.25, -0.2) is 14.4 Å². The fourth-order valence-electron chi connectivity index (χ4n) is 3.30. The number of amides is 1. The van der Waals surface area contributed by atoms with Gasteiger partial charge in [-0.15, -0.1) is 0 Å². The van der Waals surface area contributed by atoms with Gasteiger partial charge >= 0.3 is 0 Å². The van der Waals surface area contributed by atoms with E-state index in [9.17, 15) is 9.18 Å². The number of rotatable bonds is 5. The second kappa shape index (κ2) is 8.68. The van der Waals surface area contributed by atoms with Crippen molar-refractivity contribution in [1.82, 2.24) is 14.9 Å². The maximum atomic E-state index is 13.1. The van der Waals surface area contributed by atoms with E-state index >= 15 is 0 Å². The van der Waals surface area contributed by atoms with Crippen LogP contribution in [-0.2, 0) is 6.54 Å². The van der Waals surface area contributed by atoms with E-state index < -0.39 is 0 Å². The van der Waals surface area contributed by atoms with Gasteiger partial charge in [0, 0.05) is 38.4 Å². The fraction of sp³-hybridized carbons (Fsp3) is 0.227. The van der Waals surface area contributed by atoms with Gasteiger partial charge in [-0.3, -0.25) is 4.79 Å². The fourth-order valence-corrected chi connectivity index (χ4v) is 3.30. The highest BCUT2D eigenvalue weighted by molar-refractivity contribution is 5.92. The third-order valence-electron chi connectivity index (χ3n) is 4.95. The lowest BCUT2D eigenvalue weighted by Gasteiger charge is -2.35. The third kappa shape index (κ3) is 4.68. The minimum atomic E-state index is -0.247. The zero-order valence-electron chi connectivity index (χ0n) is 16.0. The second-order valence-corrected chi connectivity index (χ2v) is 6.88. The number of hydrogen-bond donors (Lipinski definition) is 1.